The Kier molecular flexibility index (Phi) is 5.68. The third-order valence-corrected chi connectivity index (χ3v) is 4.82. The number of carboxylic acid groups (broad SMARTS) is 1. The van der Waals surface area contributed by atoms with Gasteiger partial charge in [-0.3, -0.25) is 9.48 Å². The number of hydrogen-bond acceptors (Lipinski definition) is 5. The molecule has 9 heteroatoms. The molecule has 0 spiro atoms. The molecule has 0 aliphatic carbocycles. The van der Waals surface area contributed by atoms with Crippen molar-refractivity contribution in [3.8, 4) is 28.1 Å². The van der Waals surface area contributed by atoms with Crippen molar-refractivity contribution >= 4 is 17.6 Å². The Hall–Kier alpha value is -3.72. The number of carboxylic acids is 1. The summed E-state index contributed by atoms with van der Waals surface area (Å²) in [5.74, 6) is -1.05. The number of halogens is 1. The number of carbonyl (C=O) groups is 2. The Labute approximate surface area is 177 Å². The molecule has 0 atom stereocenters. The first kappa shape index (κ1) is 20.5. The summed E-state index contributed by atoms with van der Waals surface area (Å²) in [5.41, 5.74) is 4.38. The van der Waals surface area contributed by atoms with Crippen LogP contribution in [0.25, 0.3) is 22.4 Å². The quantitative estimate of drug-likeness (QED) is 0.564. The summed E-state index contributed by atoms with van der Waals surface area (Å²) in [6, 6.07) is 11.5. The van der Waals surface area contributed by atoms with Crippen LogP contribution in [0.15, 0.2) is 42.5 Å². The van der Waals surface area contributed by atoms with Gasteiger partial charge in [0, 0.05) is 11.1 Å². The van der Waals surface area contributed by atoms with Gasteiger partial charge in [0.05, 0.1) is 30.2 Å². The van der Waals surface area contributed by atoms with E-state index in [1.165, 1.54) is 12.1 Å². The van der Waals surface area contributed by atoms with Crippen LogP contribution in [0.5, 0.6) is 5.75 Å². The van der Waals surface area contributed by atoms with Crippen molar-refractivity contribution in [3.05, 3.63) is 54.0 Å². The van der Waals surface area contributed by atoms with Crippen LogP contribution in [0.1, 0.15) is 5.69 Å². The van der Waals surface area contributed by atoms with E-state index in [1.54, 1.807) is 22.9 Å². The summed E-state index contributed by atoms with van der Waals surface area (Å²) >= 11 is 0. The van der Waals surface area contributed by atoms with Crippen molar-refractivity contribution in [3.63, 3.8) is 0 Å². The highest BCUT2D eigenvalue weighted by Crippen LogP contribution is 2.39. The normalized spacial score (nSPS) is 12.8. The topological polar surface area (TPSA) is 103 Å². The van der Waals surface area contributed by atoms with Gasteiger partial charge in [0.1, 0.15) is 18.2 Å². The van der Waals surface area contributed by atoms with Crippen molar-refractivity contribution in [1.82, 2.24) is 9.78 Å². The Morgan fingerprint density at radius 2 is 2.00 bits per heavy atom. The van der Waals surface area contributed by atoms with Crippen LogP contribution in [-0.2, 0) is 20.9 Å². The fourth-order valence-corrected chi connectivity index (χ4v) is 3.54. The Bertz CT molecular complexity index is 1140. The number of aryl methyl sites for hydroxylation is 1. The van der Waals surface area contributed by atoms with Crippen molar-refractivity contribution in [2.24, 2.45) is 0 Å². The van der Waals surface area contributed by atoms with Crippen molar-refractivity contribution in [2.45, 2.75) is 13.5 Å². The molecule has 1 aliphatic heterocycles. The predicted octanol–water partition coefficient (Wildman–Crippen LogP) is 3.10. The standard InChI is InChI=1S/C22H20FN3O5/c1-13-21(15-4-7-18-17(10-15)24-19(27)11-31-18)22(14-2-5-16(23)6-3-14)26(25-13)8-9-30-12-20(28)29/h2-7,10H,8-9,11-12H2,1H3,(H,24,27)(H,28,29). The van der Waals surface area contributed by atoms with E-state index in [4.69, 9.17) is 14.6 Å². The summed E-state index contributed by atoms with van der Waals surface area (Å²) in [5, 5.41) is 16.2. The molecule has 8 nitrogen and oxygen atoms in total. The monoisotopic (exact) mass is 425 g/mol. The van der Waals surface area contributed by atoms with Gasteiger partial charge in [-0.05, 0) is 48.9 Å². The zero-order valence-electron chi connectivity index (χ0n) is 16.7. The molecule has 0 saturated heterocycles. The van der Waals surface area contributed by atoms with Gasteiger partial charge in [-0.2, -0.15) is 5.10 Å². The molecule has 1 aliphatic rings. The van der Waals surface area contributed by atoms with Gasteiger partial charge in [0.2, 0.25) is 0 Å². The fraction of sp³-hybridized carbons (Fsp3) is 0.227. The number of carbonyl (C=O) groups excluding carboxylic acids is 1. The molecule has 1 amide bonds. The molecule has 0 fully saturated rings. The highest BCUT2D eigenvalue weighted by Gasteiger charge is 2.22. The molecule has 0 unspecified atom stereocenters. The van der Waals surface area contributed by atoms with E-state index in [-0.39, 0.29) is 24.9 Å². The summed E-state index contributed by atoms with van der Waals surface area (Å²) in [6.07, 6.45) is 0. The van der Waals surface area contributed by atoms with Gasteiger partial charge >= 0.3 is 5.97 Å². The zero-order valence-corrected chi connectivity index (χ0v) is 16.7. The third kappa shape index (κ3) is 4.41. The van der Waals surface area contributed by atoms with Gasteiger partial charge in [-0.25, -0.2) is 9.18 Å². The lowest BCUT2D eigenvalue weighted by Crippen LogP contribution is -2.25. The van der Waals surface area contributed by atoms with E-state index in [2.05, 4.69) is 10.4 Å². The number of hydrogen-bond donors (Lipinski definition) is 2. The molecule has 0 bridgehead atoms. The molecular formula is C22H20FN3O5. The summed E-state index contributed by atoms with van der Waals surface area (Å²) in [6.45, 7) is 1.89. The minimum Gasteiger partial charge on any atom is -0.482 e. The van der Waals surface area contributed by atoms with Crippen molar-refractivity contribution in [2.75, 3.05) is 25.1 Å². The second kappa shape index (κ2) is 8.57. The van der Waals surface area contributed by atoms with Crippen LogP contribution < -0.4 is 10.1 Å². The highest BCUT2D eigenvalue weighted by molar-refractivity contribution is 5.97. The highest BCUT2D eigenvalue weighted by atomic mass is 19.1. The van der Waals surface area contributed by atoms with E-state index in [0.717, 1.165) is 28.1 Å². The summed E-state index contributed by atoms with van der Waals surface area (Å²) in [7, 11) is 0. The van der Waals surface area contributed by atoms with Crippen LogP contribution in [0.3, 0.4) is 0 Å². The minimum absolute atomic E-state index is 0.0273. The molecule has 2 aromatic carbocycles. The second-order valence-electron chi connectivity index (χ2n) is 7.03. The van der Waals surface area contributed by atoms with Crippen molar-refractivity contribution < 1.29 is 28.6 Å². The Balaban J connectivity index is 1.76. The maximum absolute atomic E-state index is 13.5. The van der Waals surface area contributed by atoms with Crippen LogP contribution in [0.4, 0.5) is 10.1 Å². The van der Waals surface area contributed by atoms with E-state index < -0.39 is 12.6 Å². The zero-order chi connectivity index (χ0) is 22.0. The van der Waals surface area contributed by atoms with Crippen LogP contribution >= 0.6 is 0 Å². The number of amides is 1. The fourth-order valence-electron chi connectivity index (χ4n) is 3.54. The average Bonchev–Trinajstić information content (AvgIpc) is 3.07. The number of aromatic nitrogens is 2. The van der Waals surface area contributed by atoms with Crippen LogP contribution in [-0.4, -0.2) is 46.6 Å². The predicted molar refractivity (Wildman–Crippen MR) is 110 cm³/mol. The first-order valence-electron chi connectivity index (χ1n) is 9.62. The maximum atomic E-state index is 13.5. The number of ether oxygens (including phenoxy) is 2. The lowest BCUT2D eigenvalue weighted by Gasteiger charge is -2.19. The largest absolute Gasteiger partial charge is 0.482 e. The Morgan fingerprint density at radius 1 is 1.26 bits per heavy atom. The molecular weight excluding hydrogens is 405 g/mol. The number of aliphatic carboxylic acids is 1. The van der Waals surface area contributed by atoms with E-state index in [1.807, 2.05) is 19.1 Å². The SMILES string of the molecule is Cc1nn(CCOCC(=O)O)c(-c2ccc(F)cc2)c1-c1ccc2c(c1)NC(=O)CO2. The molecule has 160 valence electrons. The number of fused-ring (bicyclic) bond motifs is 1. The number of benzene rings is 2. The first-order valence-corrected chi connectivity index (χ1v) is 9.62. The van der Waals surface area contributed by atoms with E-state index in [9.17, 15) is 14.0 Å². The van der Waals surface area contributed by atoms with Gasteiger partial charge in [-0.15, -0.1) is 0 Å². The third-order valence-electron chi connectivity index (χ3n) is 4.82. The van der Waals surface area contributed by atoms with Crippen molar-refractivity contribution in [1.29, 1.82) is 0 Å². The number of rotatable bonds is 7. The number of anilines is 1. The average molecular weight is 425 g/mol. The van der Waals surface area contributed by atoms with E-state index >= 15 is 0 Å². The van der Waals surface area contributed by atoms with E-state index in [0.29, 0.717) is 18.0 Å². The molecule has 2 heterocycles. The smallest absolute Gasteiger partial charge is 0.329 e. The lowest BCUT2D eigenvalue weighted by atomic mass is 9.98. The van der Waals surface area contributed by atoms with Gasteiger partial charge < -0.3 is 19.9 Å². The molecule has 4 rings (SSSR count). The lowest BCUT2D eigenvalue weighted by molar-refractivity contribution is -0.142. The van der Waals surface area contributed by atoms with Gasteiger partial charge in [0.15, 0.2) is 6.61 Å². The maximum Gasteiger partial charge on any atom is 0.329 e. The van der Waals surface area contributed by atoms with Gasteiger partial charge in [0.25, 0.3) is 5.91 Å². The number of nitrogens with zero attached hydrogens (tertiary/aromatic N) is 2. The molecule has 2 N–H and O–H groups in total. The second-order valence-corrected chi connectivity index (χ2v) is 7.03. The Morgan fingerprint density at radius 3 is 2.74 bits per heavy atom. The molecule has 0 saturated carbocycles. The minimum atomic E-state index is -1.05. The molecule has 1 aromatic heterocycles. The molecule has 31 heavy (non-hydrogen) atoms. The number of nitrogens with one attached hydrogen (secondary N) is 1. The summed E-state index contributed by atoms with van der Waals surface area (Å²) < 4.78 is 25.8. The molecule has 3 aromatic rings. The van der Waals surface area contributed by atoms with Gasteiger partial charge in [-0.1, -0.05) is 6.07 Å². The first-order chi connectivity index (χ1) is 14.9. The van der Waals surface area contributed by atoms with Crippen LogP contribution in [0, 0.1) is 12.7 Å². The van der Waals surface area contributed by atoms with Crippen LogP contribution in [0.2, 0.25) is 0 Å². The summed E-state index contributed by atoms with van der Waals surface area (Å²) in [4.78, 5) is 22.4. The molecule has 0 radical (unpaired) electrons.